The van der Waals surface area contributed by atoms with Crippen molar-refractivity contribution in [3.8, 4) is 22.6 Å². The first-order valence-corrected chi connectivity index (χ1v) is 12.3. The van der Waals surface area contributed by atoms with Gasteiger partial charge >= 0.3 is 0 Å². The highest BCUT2D eigenvalue weighted by molar-refractivity contribution is 7.98. The minimum Gasteiger partial charge on any atom is -0.383 e. The average molecular weight is 487 g/mol. The molecule has 7 heteroatoms. The third kappa shape index (κ3) is 4.85. The summed E-state index contributed by atoms with van der Waals surface area (Å²) < 4.78 is 7.54. The predicted octanol–water partition coefficient (Wildman–Crippen LogP) is 6.75. The van der Waals surface area contributed by atoms with E-state index in [0.29, 0.717) is 13.2 Å². The lowest BCUT2D eigenvalue weighted by atomic mass is 10.0. The zero-order chi connectivity index (χ0) is 23.3. The second kappa shape index (κ2) is 10.4. The number of thioether (sulfide) groups is 1. The second-order valence-electron chi connectivity index (χ2n) is 7.80. The van der Waals surface area contributed by atoms with Gasteiger partial charge in [0.05, 0.1) is 24.4 Å². The fraction of sp³-hybridized carbons (Fsp3) is 0.148. The Bertz CT molecular complexity index is 1400. The Hall–Kier alpha value is -3.19. The maximum atomic E-state index is 6.03. The van der Waals surface area contributed by atoms with Crippen LogP contribution in [0.1, 0.15) is 5.56 Å². The van der Waals surface area contributed by atoms with Crippen LogP contribution in [0.5, 0.6) is 0 Å². The molecule has 0 spiro atoms. The lowest BCUT2D eigenvalue weighted by Crippen LogP contribution is -2.08. The Kier molecular flexibility index (Phi) is 6.90. The predicted molar refractivity (Wildman–Crippen MR) is 139 cm³/mol. The molecular formula is C27H23ClN4OS. The van der Waals surface area contributed by atoms with Crippen molar-refractivity contribution in [1.82, 2.24) is 19.7 Å². The van der Waals surface area contributed by atoms with Gasteiger partial charge in [0.1, 0.15) is 0 Å². The van der Waals surface area contributed by atoms with Gasteiger partial charge in [0.2, 0.25) is 0 Å². The monoisotopic (exact) mass is 486 g/mol. The van der Waals surface area contributed by atoms with Crippen LogP contribution in [0.15, 0.2) is 90.1 Å². The number of para-hydroxylation sites is 1. The highest BCUT2D eigenvalue weighted by Crippen LogP contribution is 2.33. The maximum absolute atomic E-state index is 6.03. The van der Waals surface area contributed by atoms with E-state index in [1.54, 1.807) is 18.9 Å². The number of methoxy groups -OCH3 is 1. The number of pyridine rings is 1. The average Bonchev–Trinajstić information content (AvgIpc) is 3.29. The van der Waals surface area contributed by atoms with Gasteiger partial charge in [-0.2, -0.15) is 0 Å². The molecule has 34 heavy (non-hydrogen) atoms. The smallest absolute Gasteiger partial charge is 0.191 e. The summed E-state index contributed by atoms with van der Waals surface area (Å²) in [4.78, 5) is 4.92. The fourth-order valence-electron chi connectivity index (χ4n) is 3.82. The van der Waals surface area contributed by atoms with Gasteiger partial charge in [-0.1, -0.05) is 84.0 Å². The normalized spacial score (nSPS) is 11.2. The number of ether oxygens (including phenoxy) is 1. The molecule has 0 fully saturated rings. The number of hydrogen-bond acceptors (Lipinski definition) is 5. The molecular weight excluding hydrogens is 464 g/mol. The summed E-state index contributed by atoms with van der Waals surface area (Å²) in [5, 5.41) is 11.8. The molecule has 0 aliphatic carbocycles. The molecule has 5 nitrogen and oxygen atoms in total. The highest BCUT2D eigenvalue weighted by atomic mass is 35.5. The minimum atomic E-state index is 0.564. The maximum Gasteiger partial charge on any atom is 0.191 e. The van der Waals surface area contributed by atoms with Gasteiger partial charge in [-0.15, -0.1) is 10.2 Å². The first-order chi connectivity index (χ1) is 16.7. The second-order valence-corrected chi connectivity index (χ2v) is 9.18. The third-order valence-corrected chi connectivity index (χ3v) is 6.83. The molecule has 0 N–H and O–H groups in total. The number of hydrogen-bond donors (Lipinski definition) is 0. The van der Waals surface area contributed by atoms with E-state index >= 15 is 0 Å². The van der Waals surface area contributed by atoms with Crippen molar-refractivity contribution in [1.29, 1.82) is 0 Å². The molecule has 2 heterocycles. The van der Waals surface area contributed by atoms with E-state index in [1.807, 2.05) is 60.7 Å². The van der Waals surface area contributed by atoms with Crippen molar-refractivity contribution in [2.45, 2.75) is 17.5 Å². The van der Waals surface area contributed by atoms with Crippen molar-refractivity contribution in [3.63, 3.8) is 0 Å². The van der Waals surface area contributed by atoms with Crippen molar-refractivity contribution in [3.05, 3.63) is 95.5 Å². The standard InChI is InChI=1S/C27H23ClN4OS/c1-33-16-15-32-26(30-31-27(32)34-18-19-11-13-21(28)14-12-19)23-17-25(20-7-3-2-4-8-20)29-24-10-6-5-9-22(23)24/h2-14,17H,15-16,18H2,1H3. The van der Waals surface area contributed by atoms with Gasteiger partial charge in [-0.05, 0) is 29.8 Å². The van der Waals surface area contributed by atoms with Gasteiger partial charge in [0, 0.05) is 34.4 Å². The third-order valence-electron chi connectivity index (χ3n) is 5.54. The SMILES string of the molecule is COCCn1c(SCc2ccc(Cl)cc2)nnc1-c1cc(-c2ccccc2)nc2ccccc12. The van der Waals surface area contributed by atoms with E-state index in [-0.39, 0.29) is 0 Å². The summed E-state index contributed by atoms with van der Waals surface area (Å²) >= 11 is 7.69. The summed E-state index contributed by atoms with van der Waals surface area (Å²) in [6.45, 7) is 1.22. The molecule has 0 aliphatic heterocycles. The molecule has 170 valence electrons. The number of nitrogens with zero attached hydrogens (tertiary/aromatic N) is 4. The molecule has 0 atom stereocenters. The van der Waals surface area contributed by atoms with E-state index in [4.69, 9.17) is 21.3 Å². The van der Waals surface area contributed by atoms with Crippen LogP contribution >= 0.6 is 23.4 Å². The summed E-state index contributed by atoms with van der Waals surface area (Å²) in [5.41, 5.74) is 5.08. The summed E-state index contributed by atoms with van der Waals surface area (Å²) in [6.07, 6.45) is 0. The molecule has 0 radical (unpaired) electrons. The van der Waals surface area contributed by atoms with Crippen molar-refractivity contribution >= 4 is 34.3 Å². The Labute approximate surface area is 207 Å². The van der Waals surface area contributed by atoms with E-state index in [9.17, 15) is 0 Å². The van der Waals surface area contributed by atoms with Crippen LogP contribution in [-0.2, 0) is 17.0 Å². The molecule has 0 saturated heterocycles. The molecule has 0 unspecified atom stereocenters. The van der Waals surface area contributed by atoms with Gasteiger partial charge in [0.25, 0.3) is 0 Å². The molecule has 5 aromatic rings. The summed E-state index contributed by atoms with van der Waals surface area (Å²) in [5.74, 6) is 1.58. The van der Waals surface area contributed by atoms with Gasteiger partial charge < -0.3 is 4.74 Å². The topological polar surface area (TPSA) is 52.8 Å². The minimum absolute atomic E-state index is 0.564. The quantitative estimate of drug-likeness (QED) is 0.227. The first kappa shape index (κ1) is 22.6. The summed E-state index contributed by atoms with van der Waals surface area (Å²) in [6, 6.07) is 28.4. The van der Waals surface area contributed by atoms with Crippen molar-refractivity contribution < 1.29 is 4.74 Å². The highest BCUT2D eigenvalue weighted by Gasteiger charge is 2.18. The van der Waals surface area contributed by atoms with E-state index < -0.39 is 0 Å². The number of benzene rings is 3. The van der Waals surface area contributed by atoms with Crippen molar-refractivity contribution in [2.75, 3.05) is 13.7 Å². The van der Waals surface area contributed by atoms with Gasteiger partial charge in [0.15, 0.2) is 11.0 Å². The molecule has 0 amide bonds. The van der Waals surface area contributed by atoms with Crippen LogP contribution < -0.4 is 0 Å². The van der Waals surface area contributed by atoms with Crippen LogP contribution in [0.3, 0.4) is 0 Å². The Morgan fingerprint density at radius 1 is 0.912 bits per heavy atom. The molecule has 2 aromatic heterocycles. The van der Waals surface area contributed by atoms with Crippen LogP contribution in [-0.4, -0.2) is 33.5 Å². The first-order valence-electron chi connectivity index (χ1n) is 11.0. The number of fused-ring (bicyclic) bond motifs is 1. The van der Waals surface area contributed by atoms with Crippen LogP contribution in [0.2, 0.25) is 5.02 Å². The van der Waals surface area contributed by atoms with Gasteiger partial charge in [-0.25, -0.2) is 4.98 Å². The number of halogens is 1. The Morgan fingerprint density at radius 2 is 1.68 bits per heavy atom. The largest absolute Gasteiger partial charge is 0.383 e. The lowest BCUT2D eigenvalue weighted by Gasteiger charge is -2.13. The van der Waals surface area contributed by atoms with E-state index in [0.717, 1.165) is 49.5 Å². The van der Waals surface area contributed by atoms with Crippen LogP contribution in [0, 0.1) is 0 Å². The Balaban J connectivity index is 1.58. The zero-order valence-corrected chi connectivity index (χ0v) is 20.3. The number of rotatable bonds is 8. The number of aromatic nitrogens is 4. The summed E-state index contributed by atoms with van der Waals surface area (Å²) in [7, 11) is 1.71. The zero-order valence-electron chi connectivity index (χ0n) is 18.7. The van der Waals surface area contributed by atoms with Crippen molar-refractivity contribution in [2.24, 2.45) is 0 Å². The molecule has 0 bridgehead atoms. The lowest BCUT2D eigenvalue weighted by molar-refractivity contribution is 0.185. The van der Waals surface area contributed by atoms with Crippen LogP contribution in [0.4, 0.5) is 0 Å². The van der Waals surface area contributed by atoms with E-state index in [2.05, 4.69) is 39.0 Å². The van der Waals surface area contributed by atoms with Crippen LogP contribution in [0.25, 0.3) is 33.5 Å². The van der Waals surface area contributed by atoms with E-state index in [1.165, 1.54) is 5.56 Å². The Morgan fingerprint density at radius 3 is 2.47 bits per heavy atom. The fourth-order valence-corrected chi connectivity index (χ4v) is 4.87. The molecule has 5 rings (SSSR count). The molecule has 0 aliphatic rings. The van der Waals surface area contributed by atoms with Gasteiger partial charge in [-0.3, -0.25) is 4.57 Å². The molecule has 0 saturated carbocycles. The molecule has 3 aromatic carbocycles.